The fourth-order valence-corrected chi connectivity index (χ4v) is 3.07. The average Bonchev–Trinajstić information content (AvgIpc) is 2.63. The molecule has 0 spiro atoms. The lowest BCUT2D eigenvalue weighted by Gasteiger charge is -2.33. The molecule has 0 amide bonds. The zero-order chi connectivity index (χ0) is 17.0. The van der Waals surface area contributed by atoms with E-state index in [0.29, 0.717) is 0 Å². The molecule has 3 rings (SSSR count). The molecule has 1 aromatic heterocycles. The topological polar surface area (TPSA) is 42.4 Å². The summed E-state index contributed by atoms with van der Waals surface area (Å²) >= 11 is 0. The summed E-state index contributed by atoms with van der Waals surface area (Å²) in [4.78, 5) is 4.50. The molecule has 0 aliphatic heterocycles. The molecule has 0 fully saturated rings. The van der Waals surface area contributed by atoms with Crippen molar-refractivity contribution in [1.29, 1.82) is 0 Å². The summed E-state index contributed by atoms with van der Waals surface area (Å²) in [5.41, 5.74) is 1.58. The predicted octanol–water partition coefficient (Wildman–Crippen LogP) is 4.13. The summed E-state index contributed by atoms with van der Waals surface area (Å²) in [5, 5.41) is 11.4. The van der Waals surface area contributed by atoms with E-state index in [1.807, 2.05) is 79.7 Å². The van der Waals surface area contributed by atoms with Crippen molar-refractivity contribution in [2.45, 2.75) is 18.4 Å². The Balaban J connectivity index is 2.09. The standard InChI is InChI=1S/C21H21NO2/c1-21(23,17-11-13-18(24-2)14-12-17)20(16-8-4-3-5-9-16)19-10-6-7-15-22-19/h3-15,20,23H,1-2H3/t20-,21+/m0/s1. The zero-order valence-electron chi connectivity index (χ0n) is 13.9. The van der Waals surface area contributed by atoms with E-state index in [-0.39, 0.29) is 5.92 Å². The van der Waals surface area contributed by atoms with Crippen LogP contribution in [0.25, 0.3) is 0 Å². The third-order valence-electron chi connectivity index (χ3n) is 4.35. The predicted molar refractivity (Wildman–Crippen MR) is 95.1 cm³/mol. The zero-order valence-corrected chi connectivity index (χ0v) is 13.9. The quantitative estimate of drug-likeness (QED) is 0.769. The molecule has 122 valence electrons. The van der Waals surface area contributed by atoms with Crippen LogP contribution in [0.4, 0.5) is 0 Å². The molecule has 3 aromatic rings. The highest BCUT2D eigenvalue weighted by atomic mass is 16.5. The van der Waals surface area contributed by atoms with Gasteiger partial charge >= 0.3 is 0 Å². The number of hydrogen-bond acceptors (Lipinski definition) is 3. The van der Waals surface area contributed by atoms with Crippen molar-refractivity contribution < 1.29 is 9.84 Å². The number of rotatable bonds is 5. The van der Waals surface area contributed by atoms with Crippen LogP contribution in [0.1, 0.15) is 29.7 Å². The maximum absolute atomic E-state index is 11.4. The van der Waals surface area contributed by atoms with Gasteiger partial charge in [-0.1, -0.05) is 48.5 Å². The average molecular weight is 319 g/mol. The summed E-state index contributed by atoms with van der Waals surface area (Å²) in [5.74, 6) is 0.497. The van der Waals surface area contributed by atoms with E-state index in [4.69, 9.17) is 4.74 Å². The third-order valence-corrected chi connectivity index (χ3v) is 4.35. The summed E-state index contributed by atoms with van der Waals surface area (Å²) in [6.07, 6.45) is 1.76. The monoisotopic (exact) mass is 319 g/mol. The molecule has 0 aliphatic rings. The smallest absolute Gasteiger partial charge is 0.118 e. The minimum atomic E-state index is -1.11. The van der Waals surface area contributed by atoms with Gasteiger partial charge in [-0.25, -0.2) is 0 Å². The first-order valence-electron chi connectivity index (χ1n) is 7.95. The van der Waals surface area contributed by atoms with Gasteiger partial charge in [0.15, 0.2) is 0 Å². The Morgan fingerprint density at radius 3 is 2.17 bits per heavy atom. The number of aliphatic hydroxyl groups is 1. The molecule has 0 aliphatic carbocycles. The number of nitrogens with zero attached hydrogens (tertiary/aromatic N) is 1. The Kier molecular flexibility index (Phi) is 4.63. The van der Waals surface area contributed by atoms with Gasteiger partial charge in [0.1, 0.15) is 5.75 Å². The number of ether oxygens (including phenoxy) is 1. The molecular weight excluding hydrogens is 298 g/mol. The van der Waals surface area contributed by atoms with Gasteiger partial charge in [-0.15, -0.1) is 0 Å². The third kappa shape index (κ3) is 3.17. The molecule has 2 atom stereocenters. The van der Waals surface area contributed by atoms with Gasteiger partial charge < -0.3 is 9.84 Å². The normalized spacial score (nSPS) is 14.6. The van der Waals surface area contributed by atoms with Crippen LogP contribution in [0.3, 0.4) is 0 Å². The van der Waals surface area contributed by atoms with Crippen molar-refractivity contribution in [2.24, 2.45) is 0 Å². The Bertz CT molecular complexity index is 728. The first kappa shape index (κ1) is 16.2. The van der Waals surface area contributed by atoms with Gasteiger partial charge in [0.05, 0.1) is 24.3 Å². The van der Waals surface area contributed by atoms with Crippen LogP contribution in [0.2, 0.25) is 0 Å². The van der Waals surface area contributed by atoms with Crippen LogP contribution < -0.4 is 4.74 Å². The maximum atomic E-state index is 11.4. The van der Waals surface area contributed by atoms with E-state index in [1.165, 1.54) is 0 Å². The van der Waals surface area contributed by atoms with Gasteiger partial charge in [0.25, 0.3) is 0 Å². The molecule has 3 nitrogen and oxygen atoms in total. The second-order valence-corrected chi connectivity index (χ2v) is 5.97. The highest BCUT2D eigenvalue weighted by Gasteiger charge is 2.37. The van der Waals surface area contributed by atoms with Crippen LogP contribution in [0, 0.1) is 0 Å². The number of benzene rings is 2. The van der Waals surface area contributed by atoms with Gasteiger partial charge in [-0.2, -0.15) is 0 Å². The maximum Gasteiger partial charge on any atom is 0.118 e. The highest BCUT2D eigenvalue weighted by Crippen LogP contribution is 2.41. The molecule has 24 heavy (non-hydrogen) atoms. The lowest BCUT2D eigenvalue weighted by atomic mass is 9.76. The molecule has 1 heterocycles. The Morgan fingerprint density at radius 2 is 1.58 bits per heavy atom. The van der Waals surface area contributed by atoms with E-state index in [2.05, 4.69) is 4.98 Å². The lowest BCUT2D eigenvalue weighted by Crippen LogP contribution is -2.31. The fraction of sp³-hybridized carbons (Fsp3) is 0.190. The van der Waals surface area contributed by atoms with Gasteiger partial charge in [-0.3, -0.25) is 4.98 Å². The van der Waals surface area contributed by atoms with Crippen LogP contribution in [-0.2, 0) is 5.60 Å². The molecule has 0 bridgehead atoms. The minimum Gasteiger partial charge on any atom is -0.497 e. The number of aromatic nitrogens is 1. The molecule has 0 radical (unpaired) electrons. The van der Waals surface area contributed by atoms with Crippen molar-refractivity contribution >= 4 is 0 Å². The van der Waals surface area contributed by atoms with Gasteiger partial charge in [-0.05, 0) is 42.3 Å². The minimum absolute atomic E-state index is 0.270. The lowest BCUT2D eigenvalue weighted by molar-refractivity contribution is 0.0380. The van der Waals surface area contributed by atoms with Crippen molar-refractivity contribution in [3.63, 3.8) is 0 Å². The second kappa shape index (κ2) is 6.85. The first-order chi connectivity index (χ1) is 11.6. The van der Waals surface area contributed by atoms with E-state index >= 15 is 0 Å². The van der Waals surface area contributed by atoms with Crippen molar-refractivity contribution in [2.75, 3.05) is 7.11 Å². The largest absolute Gasteiger partial charge is 0.497 e. The van der Waals surface area contributed by atoms with Crippen molar-refractivity contribution in [3.8, 4) is 5.75 Å². The van der Waals surface area contributed by atoms with Gasteiger partial charge in [0.2, 0.25) is 0 Å². The Hall–Kier alpha value is -2.65. The van der Waals surface area contributed by atoms with Crippen LogP contribution in [0.15, 0.2) is 79.0 Å². The SMILES string of the molecule is COc1ccc([C@@](C)(O)[C@@H](c2ccccc2)c2ccccn2)cc1. The molecule has 3 heteroatoms. The van der Waals surface area contributed by atoms with Crippen LogP contribution >= 0.6 is 0 Å². The molecular formula is C21H21NO2. The van der Waals surface area contributed by atoms with Crippen LogP contribution in [-0.4, -0.2) is 17.2 Å². The van der Waals surface area contributed by atoms with Crippen molar-refractivity contribution in [1.82, 2.24) is 4.98 Å². The van der Waals surface area contributed by atoms with E-state index in [1.54, 1.807) is 13.3 Å². The molecule has 0 saturated carbocycles. The molecule has 1 N–H and O–H groups in total. The molecule has 2 aromatic carbocycles. The molecule has 0 saturated heterocycles. The Morgan fingerprint density at radius 1 is 0.917 bits per heavy atom. The molecule has 0 unspecified atom stereocenters. The number of methoxy groups -OCH3 is 1. The second-order valence-electron chi connectivity index (χ2n) is 5.97. The van der Waals surface area contributed by atoms with Crippen molar-refractivity contribution in [3.05, 3.63) is 95.8 Å². The number of hydrogen-bond donors (Lipinski definition) is 1. The summed E-state index contributed by atoms with van der Waals surface area (Å²) in [6, 6.07) is 23.3. The summed E-state index contributed by atoms with van der Waals surface area (Å²) in [6.45, 7) is 1.83. The fourth-order valence-electron chi connectivity index (χ4n) is 3.07. The van der Waals surface area contributed by atoms with Gasteiger partial charge in [0, 0.05) is 6.20 Å². The summed E-state index contributed by atoms with van der Waals surface area (Å²) in [7, 11) is 1.63. The van der Waals surface area contributed by atoms with E-state index in [9.17, 15) is 5.11 Å². The summed E-state index contributed by atoms with van der Waals surface area (Å²) < 4.78 is 5.22. The Labute approximate surface area is 142 Å². The number of pyridine rings is 1. The van der Waals surface area contributed by atoms with Crippen LogP contribution in [0.5, 0.6) is 5.75 Å². The van der Waals surface area contributed by atoms with E-state index in [0.717, 1.165) is 22.6 Å². The highest BCUT2D eigenvalue weighted by molar-refractivity contribution is 5.39. The van der Waals surface area contributed by atoms with E-state index < -0.39 is 5.60 Å². The first-order valence-corrected chi connectivity index (χ1v) is 7.95.